The summed E-state index contributed by atoms with van der Waals surface area (Å²) in [7, 11) is 0. The maximum Gasteiger partial charge on any atom is 0.337 e. The maximum absolute atomic E-state index is 13.5. The number of carbonyl (C=O) groups excluding carboxylic acids is 1. The van der Waals surface area contributed by atoms with E-state index in [0.29, 0.717) is 12.2 Å². The van der Waals surface area contributed by atoms with E-state index in [1.807, 2.05) is 6.26 Å². The van der Waals surface area contributed by atoms with Gasteiger partial charge in [-0.2, -0.15) is 11.8 Å². The van der Waals surface area contributed by atoms with Gasteiger partial charge in [-0.05, 0) is 30.6 Å². The number of aliphatic carboxylic acids is 1. The Kier molecular flexibility index (Phi) is 7.55. The SMILES string of the molecule is CSCC[C@H](N)C(=O)NC(Sc1ccccc1F)C(=O)O. The van der Waals surface area contributed by atoms with Gasteiger partial charge in [-0.1, -0.05) is 23.9 Å². The van der Waals surface area contributed by atoms with E-state index < -0.39 is 29.1 Å². The van der Waals surface area contributed by atoms with Crippen molar-refractivity contribution in [2.45, 2.75) is 22.7 Å². The molecule has 0 radical (unpaired) electrons. The molecule has 0 aromatic heterocycles. The number of carboxylic acid groups (broad SMARTS) is 1. The minimum absolute atomic E-state index is 0.155. The first-order chi connectivity index (χ1) is 9.95. The molecule has 0 saturated carbocycles. The lowest BCUT2D eigenvalue weighted by molar-refractivity contribution is -0.139. The van der Waals surface area contributed by atoms with Crippen molar-refractivity contribution in [3.8, 4) is 0 Å². The second kappa shape index (κ2) is 8.91. The number of hydrogen-bond acceptors (Lipinski definition) is 5. The fraction of sp³-hybridized carbons (Fsp3) is 0.385. The second-order valence-electron chi connectivity index (χ2n) is 4.16. The predicted octanol–water partition coefficient (Wildman–Crippen LogP) is 1.53. The molecule has 0 saturated heterocycles. The summed E-state index contributed by atoms with van der Waals surface area (Å²) in [5.41, 5.74) is 5.67. The molecular formula is C13H17FN2O3S2. The van der Waals surface area contributed by atoms with Gasteiger partial charge in [0.05, 0.1) is 6.04 Å². The van der Waals surface area contributed by atoms with Crippen molar-refractivity contribution in [1.82, 2.24) is 5.32 Å². The zero-order chi connectivity index (χ0) is 15.8. The molecular weight excluding hydrogens is 315 g/mol. The Morgan fingerprint density at radius 3 is 2.67 bits per heavy atom. The van der Waals surface area contributed by atoms with Gasteiger partial charge in [-0.15, -0.1) is 0 Å². The molecule has 1 aromatic carbocycles. The fourth-order valence-corrected chi connectivity index (χ4v) is 2.78. The number of benzene rings is 1. The number of nitrogens with two attached hydrogens (primary N) is 1. The van der Waals surface area contributed by atoms with Gasteiger partial charge in [-0.3, -0.25) is 4.79 Å². The van der Waals surface area contributed by atoms with Crippen LogP contribution in [0.3, 0.4) is 0 Å². The molecule has 21 heavy (non-hydrogen) atoms. The van der Waals surface area contributed by atoms with Gasteiger partial charge in [-0.25, -0.2) is 9.18 Å². The van der Waals surface area contributed by atoms with Crippen LogP contribution in [0, 0.1) is 5.82 Å². The summed E-state index contributed by atoms with van der Waals surface area (Å²) in [5, 5.41) is 10.2. The molecule has 0 heterocycles. The molecule has 1 amide bonds. The highest BCUT2D eigenvalue weighted by Gasteiger charge is 2.25. The molecule has 5 nitrogen and oxygen atoms in total. The second-order valence-corrected chi connectivity index (χ2v) is 6.30. The van der Waals surface area contributed by atoms with E-state index in [1.54, 1.807) is 17.8 Å². The molecule has 116 valence electrons. The number of nitrogens with one attached hydrogen (secondary N) is 1. The predicted molar refractivity (Wildman–Crippen MR) is 82.8 cm³/mol. The van der Waals surface area contributed by atoms with Crippen LogP contribution in [0.5, 0.6) is 0 Å². The van der Waals surface area contributed by atoms with Gasteiger partial charge in [0.15, 0.2) is 5.37 Å². The summed E-state index contributed by atoms with van der Waals surface area (Å²) in [5.74, 6) is -1.64. The first-order valence-electron chi connectivity index (χ1n) is 6.14. The van der Waals surface area contributed by atoms with Gasteiger partial charge in [0, 0.05) is 4.90 Å². The van der Waals surface area contributed by atoms with Crippen LogP contribution in [0.2, 0.25) is 0 Å². The van der Waals surface area contributed by atoms with Crippen molar-refractivity contribution in [2.24, 2.45) is 5.73 Å². The van der Waals surface area contributed by atoms with Crippen LogP contribution < -0.4 is 11.1 Å². The quantitative estimate of drug-likeness (QED) is 0.494. The largest absolute Gasteiger partial charge is 0.479 e. The molecule has 1 unspecified atom stereocenters. The first kappa shape index (κ1) is 17.8. The lowest BCUT2D eigenvalue weighted by Crippen LogP contribution is -2.47. The molecule has 8 heteroatoms. The standard InChI is InChI=1S/C13H17FN2O3S2/c1-20-7-6-9(15)11(17)16-12(13(18)19)21-10-5-3-2-4-8(10)14/h2-5,9,12H,6-7,15H2,1H3,(H,16,17)(H,18,19)/t9-,12?/m0/s1. The van der Waals surface area contributed by atoms with Gasteiger partial charge in [0.1, 0.15) is 5.82 Å². The van der Waals surface area contributed by atoms with Gasteiger partial charge in [0.25, 0.3) is 0 Å². The number of carbonyl (C=O) groups is 2. The van der Waals surface area contributed by atoms with E-state index in [1.165, 1.54) is 18.2 Å². The van der Waals surface area contributed by atoms with Crippen molar-refractivity contribution in [3.05, 3.63) is 30.1 Å². The van der Waals surface area contributed by atoms with Crippen molar-refractivity contribution in [1.29, 1.82) is 0 Å². The highest BCUT2D eigenvalue weighted by Crippen LogP contribution is 2.25. The molecule has 1 aromatic rings. The summed E-state index contributed by atoms with van der Waals surface area (Å²) in [6, 6.07) is 5.01. The number of halogens is 1. The molecule has 0 aliphatic heterocycles. The van der Waals surface area contributed by atoms with E-state index in [9.17, 15) is 14.0 Å². The third-order valence-corrected chi connectivity index (χ3v) is 4.33. The highest BCUT2D eigenvalue weighted by molar-refractivity contribution is 8.00. The highest BCUT2D eigenvalue weighted by atomic mass is 32.2. The van der Waals surface area contributed by atoms with Crippen LogP contribution in [-0.2, 0) is 9.59 Å². The Hall–Kier alpha value is -1.25. The summed E-state index contributed by atoms with van der Waals surface area (Å²) >= 11 is 2.27. The number of hydrogen-bond donors (Lipinski definition) is 3. The van der Waals surface area contributed by atoms with E-state index in [2.05, 4.69) is 5.32 Å². The summed E-state index contributed by atoms with van der Waals surface area (Å²) in [4.78, 5) is 23.2. The number of thioether (sulfide) groups is 2. The van der Waals surface area contributed by atoms with Crippen LogP contribution >= 0.6 is 23.5 Å². The van der Waals surface area contributed by atoms with Crippen LogP contribution in [0.15, 0.2) is 29.2 Å². The molecule has 2 atom stereocenters. The van der Waals surface area contributed by atoms with Crippen LogP contribution in [0.4, 0.5) is 4.39 Å². The Bertz CT molecular complexity index is 502. The van der Waals surface area contributed by atoms with Crippen LogP contribution in [-0.4, -0.2) is 40.4 Å². The monoisotopic (exact) mass is 332 g/mol. The van der Waals surface area contributed by atoms with Crippen molar-refractivity contribution in [3.63, 3.8) is 0 Å². The zero-order valence-corrected chi connectivity index (χ0v) is 13.0. The summed E-state index contributed by atoms with van der Waals surface area (Å²) < 4.78 is 13.5. The minimum Gasteiger partial charge on any atom is -0.479 e. The number of carboxylic acids is 1. The van der Waals surface area contributed by atoms with Gasteiger partial charge < -0.3 is 16.2 Å². The number of rotatable bonds is 8. The summed E-state index contributed by atoms with van der Waals surface area (Å²) in [6.07, 6.45) is 2.34. The third-order valence-electron chi connectivity index (χ3n) is 2.55. The normalized spacial score (nSPS) is 13.5. The Morgan fingerprint density at radius 2 is 2.10 bits per heavy atom. The zero-order valence-electron chi connectivity index (χ0n) is 11.4. The van der Waals surface area contributed by atoms with Crippen molar-refractivity contribution in [2.75, 3.05) is 12.0 Å². The Balaban J connectivity index is 2.68. The van der Waals surface area contributed by atoms with E-state index >= 15 is 0 Å². The lowest BCUT2D eigenvalue weighted by Gasteiger charge is -2.17. The number of amides is 1. The van der Waals surface area contributed by atoms with E-state index in [4.69, 9.17) is 10.8 Å². The Morgan fingerprint density at radius 1 is 1.43 bits per heavy atom. The van der Waals surface area contributed by atoms with Crippen molar-refractivity contribution < 1.29 is 19.1 Å². The first-order valence-corrected chi connectivity index (χ1v) is 8.42. The molecule has 4 N–H and O–H groups in total. The Labute approximate surface area is 130 Å². The lowest BCUT2D eigenvalue weighted by atomic mass is 10.2. The molecule has 0 spiro atoms. The molecule has 0 aliphatic rings. The summed E-state index contributed by atoms with van der Waals surface area (Å²) in [6.45, 7) is 0. The smallest absolute Gasteiger partial charge is 0.337 e. The van der Waals surface area contributed by atoms with Crippen LogP contribution in [0.1, 0.15) is 6.42 Å². The third kappa shape index (κ3) is 5.94. The van der Waals surface area contributed by atoms with Crippen molar-refractivity contribution >= 4 is 35.4 Å². The maximum atomic E-state index is 13.5. The fourth-order valence-electron chi connectivity index (χ4n) is 1.42. The average Bonchev–Trinajstić information content (AvgIpc) is 2.45. The van der Waals surface area contributed by atoms with Crippen LogP contribution in [0.25, 0.3) is 0 Å². The van der Waals surface area contributed by atoms with E-state index in [0.717, 1.165) is 11.8 Å². The molecule has 0 aliphatic carbocycles. The topological polar surface area (TPSA) is 92.4 Å². The molecule has 1 rings (SSSR count). The minimum atomic E-state index is -1.28. The van der Waals surface area contributed by atoms with E-state index in [-0.39, 0.29) is 4.90 Å². The van der Waals surface area contributed by atoms with Gasteiger partial charge in [0.2, 0.25) is 5.91 Å². The molecule has 0 bridgehead atoms. The van der Waals surface area contributed by atoms with Gasteiger partial charge >= 0.3 is 5.97 Å². The average molecular weight is 332 g/mol. The molecule has 0 fully saturated rings.